The van der Waals surface area contributed by atoms with Crippen molar-refractivity contribution in [2.45, 2.75) is 6.04 Å². The van der Waals surface area contributed by atoms with Crippen LogP contribution in [0.3, 0.4) is 0 Å². The van der Waals surface area contributed by atoms with E-state index in [9.17, 15) is 0 Å². The Labute approximate surface area is 78.5 Å². The van der Waals surface area contributed by atoms with Crippen LogP contribution >= 0.6 is 0 Å². The van der Waals surface area contributed by atoms with Crippen molar-refractivity contribution >= 4 is 0 Å². The van der Waals surface area contributed by atoms with Gasteiger partial charge in [0.15, 0.2) is 0 Å². The number of nitrogens with zero attached hydrogens (tertiary/aromatic N) is 3. The number of likely N-dealkylation sites (N-methyl/N-ethyl adjacent to an activating group) is 1. The maximum atomic E-state index is 4.19. The van der Waals surface area contributed by atoms with Crippen molar-refractivity contribution in [2.24, 2.45) is 7.05 Å². The van der Waals surface area contributed by atoms with E-state index in [1.807, 2.05) is 17.9 Å². The van der Waals surface area contributed by atoms with Crippen molar-refractivity contribution in [3.05, 3.63) is 18.0 Å². The van der Waals surface area contributed by atoms with Crippen LogP contribution < -0.4 is 5.32 Å². The lowest BCUT2D eigenvalue weighted by Crippen LogP contribution is -2.44. The van der Waals surface area contributed by atoms with Gasteiger partial charge in [-0.2, -0.15) is 5.10 Å². The van der Waals surface area contributed by atoms with Gasteiger partial charge in [-0.25, -0.2) is 0 Å². The van der Waals surface area contributed by atoms with E-state index >= 15 is 0 Å². The maximum absolute atomic E-state index is 4.19. The summed E-state index contributed by atoms with van der Waals surface area (Å²) in [6, 6.07) is 2.56. The van der Waals surface area contributed by atoms with Gasteiger partial charge in [-0.1, -0.05) is 0 Å². The van der Waals surface area contributed by atoms with Crippen molar-refractivity contribution in [3.63, 3.8) is 0 Å². The Bertz CT molecular complexity index is 281. The molecule has 0 aliphatic carbocycles. The van der Waals surface area contributed by atoms with Crippen LogP contribution in [-0.2, 0) is 7.05 Å². The summed E-state index contributed by atoms with van der Waals surface area (Å²) >= 11 is 0. The summed E-state index contributed by atoms with van der Waals surface area (Å²) in [5.41, 5.74) is 1.29. The zero-order valence-corrected chi connectivity index (χ0v) is 8.20. The molecular formula is C9H16N4. The summed E-state index contributed by atoms with van der Waals surface area (Å²) in [4.78, 5) is 2.37. The first kappa shape index (κ1) is 8.72. The van der Waals surface area contributed by atoms with Gasteiger partial charge in [-0.05, 0) is 13.1 Å². The van der Waals surface area contributed by atoms with E-state index in [1.54, 1.807) is 0 Å². The van der Waals surface area contributed by atoms with Crippen molar-refractivity contribution in [1.29, 1.82) is 0 Å². The number of aryl methyl sites for hydroxylation is 1. The van der Waals surface area contributed by atoms with Crippen LogP contribution in [0.15, 0.2) is 12.3 Å². The minimum Gasteiger partial charge on any atom is -0.313 e. The number of aromatic nitrogens is 2. The van der Waals surface area contributed by atoms with Crippen molar-refractivity contribution in [3.8, 4) is 0 Å². The molecule has 1 fully saturated rings. The molecule has 1 atom stereocenters. The van der Waals surface area contributed by atoms with Gasteiger partial charge in [0, 0.05) is 32.9 Å². The summed E-state index contributed by atoms with van der Waals surface area (Å²) in [6.45, 7) is 3.22. The first-order chi connectivity index (χ1) is 6.29. The molecule has 4 heteroatoms. The molecule has 4 nitrogen and oxygen atoms in total. The van der Waals surface area contributed by atoms with Crippen molar-refractivity contribution in [1.82, 2.24) is 20.0 Å². The standard InChI is InChI=1S/C9H16N4/c1-12-6-5-10-7-9(12)8-3-4-11-13(8)2/h3-4,9-10H,5-7H2,1-2H3. The molecule has 0 radical (unpaired) electrons. The van der Waals surface area contributed by atoms with Gasteiger partial charge in [-0.3, -0.25) is 9.58 Å². The SMILES string of the molecule is CN1CCNCC1c1ccnn1C. The smallest absolute Gasteiger partial charge is 0.0641 e. The molecule has 1 unspecified atom stereocenters. The molecule has 1 aliphatic rings. The molecule has 2 rings (SSSR count). The Hall–Kier alpha value is -0.870. The molecule has 1 aromatic heterocycles. The second-order valence-corrected chi connectivity index (χ2v) is 3.58. The fraction of sp³-hybridized carbons (Fsp3) is 0.667. The molecular weight excluding hydrogens is 164 g/mol. The van der Waals surface area contributed by atoms with Crippen LogP contribution in [0.2, 0.25) is 0 Å². The number of hydrogen-bond donors (Lipinski definition) is 1. The number of hydrogen-bond acceptors (Lipinski definition) is 3. The first-order valence-corrected chi connectivity index (χ1v) is 4.68. The number of rotatable bonds is 1. The third-order valence-corrected chi connectivity index (χ3v) is 2.71. The topological polar surface area (TPSA) is 33.1 Å². The molecule has 0 bridgehead atoms. The summed E-state index contributed by atoms with van der Waals surface area (Å²) in [5.74, 6) is 0. The van der Waals surface area contributed by atoms with E-state index in [-0.39, 0.29) is 0 Å². The summed E-state index contributed by atoms with van der Waals surface area (Å²) in [5, 5.41) is 7.59. The van der Waals surface area contributed by atoms with Gasteiger partial charge in [0.1, 0.15) is 0 Å². The van der Waals surface area contributed by atoms with Gasteiger partial charge in [-0.15, -0.1) is 0 Å². The zero-order valence-electron chi connectivity index (χ0n) is 8.20. The predicted molar refractivity (Wildman–Crippen MR) is 51.4 cm³/mol. The van der Waals surface area contributed by atoms with Crippen LogP contribution in [0.4, 0.5) is 0 Å². The molecule has 1 saturated heterocycles. The van der Waals surface area contributed by atoms with Gasteiger partial charge < -0.3 is 5.32 Å². The van der Waals surface area contributed by atoms with Gasteiger partial charge in [0.05, 0.1) is 11.7 Å². The minimum atomic E-state index is 0.473. The third kappa shape index (κ3) is 1.59. The zero-order chi connectivity index (χ0) is 9.26. The lowest BCUT2D eigenvalue weighted by molar-refractivity contribution is 0.194. The molecule has 72 valence electrons. The van der Waals surface area contributed by atoms with Crippen LogP contribution in [0.5, 0.6) is 0 Å². The lowest BCUT2D eigenvalue weighted by atomic mass is 10.1. The first-order valence-electron chi connectivity index (χ1n) is 4.68. The minimum absolute atomic E-state index is 0.473. The second kappa shape index (κ2) is 3.47. The number of piperazine rings is 1. The van der Waals surface area contributed by atoms with Gasteiger partial charge in [0.25, 0.3) is 0 Å². The highest BCUT2D eigenvalue weighted by Crippen LogP contribution is 2.18. The highest BCUT2D eigenvalue weighted by molar-refractivity contribution is 5.08. The van der Waals surface area contributed by atoms with Crippen LogP contribution in [0.1, 0.15) is 11.7 Å². The van der Waals surface area contributed by atoms with Crippen molar-refractivity contribution in [2.75, 3.05) is 26.7 Å². The highest BCUT2D eigenvalue weighted by Gasteiger charge is 2.22. The molecule has 2 heterocycles. The molecule has 1 aromatic rings. The van der Waals surface area contributed by atoms with E-state index in [0.29, 0.717) is 6.04 Å². The van der Waals surface area contributed by atoms with E-state index in [4.69, 9.17) is 0 Å². The normalized spacial score (nSPS) is 24.9. The Morgan fingerprint density at radius 3 is 3.00 bits per heavy atom. The second-order valence-electron chi connectivity index (χ2n) is 3.58. The fourth-order valence-corrected chi connectivity index (χ4v) is 1.85. The summed E-state index contributed by atoms with van der Waals surface area (Å²) in [6.07, 6.45) is 1.86. The van der Waals surface area contributed by atoms with E-state index in [2.05, 4.69) is 28.4 Å². The van der Waals surface area contributed by atoms with Crippen LogP contribution in [0, 0.1) is 0 Å². The third-order valence-electron chi connectivity index (χ3n) is 2.71. The lowest BCUT2D eigenvalue weighted by Gasteiger charge is -2.32. The quantitative estimate of drug-likeness (QED) is 0.660. The van der Waals surface area contributed by atoms with Crippen LogP contribution in [0.25, 0.3) is 0 Å². The highest BCUT2D eigenvalue weighted by atomic mass is 15.3. The molecule has 0 amide bonds. The average molecular weight is 180 g/mol. The molecule has 13 heavy (non-hydrogen) atoms. The molecule has 0 saturated carbocycles. The predicted octanol–water partition coefficient (Wildman–Crippen LogP) is -0.00380. The van der Waals surface area contributed by atoms with E-state index in [1.165, 1.54) is 5.69 Å². The Morgan fingerprint density at radius 1 is 1.54 bits per heavy atom. The maximum Gasteiger partial charge on any atom is 0.0641 e. The molecule has 1 N–H and O–H groups in total. The molecule has 1 aliphatic heterocycles. The van der Waals surface area contributed by atoms with Crippen molar-refractivity contribution < 1.29 is 0 Å². The molecule has 0 aromatic carbocycles. The Balaban J connectivity index is 2.19. The van der Waals surface area contributed by atoms with Gasteiger partial charge >= 0.3 is 0 Å². The summed E-state index contributed by atoms with van der Waals surface area (Å²) in [7, 11) is 4.16. The fourth-order valence-electron chi connectivity index (χ4n) is 1.85. The summed E-state index contributed by atoms with van der Waals surface area (Å²) < 4.78 is 1.95. The largest absolute Gasteiger partial charge is 0.313 e. The monoisotopic (exact) mass is 180 g/mol. The van der Waals surface area contributed by atoms with E-state index in [0.717, 1.165) is 19.6 Å². The van der Waals surface area contributed by atoms with E-state index < -0.39 is 0 Å². The van der Waals surface area contributed by atoms with Crippen LogP contribution in [-0.4, -0.2) is 41.4 Å². The average Bonchev–Trinajstić information content (AvgIpc) is 2.52. The Morgan fingerprint density at radius 2 is 2.38 bits per heavy atom. The number of nitrogens with one attached hydrogen (secondary N) is 1. The Kier molecular flexibility index (Phi) is 2.33. The van der Waals surface area contributed by atoms with Gasteiger partial charge in [0.2, 0.25) is 0 Å². The molecule has 0 spiro atoms.